The number of anilines is 1. The molecule has 2 fully saturated rings. The van der Waals surface area contributed by atoms with Crippen molar-refractivity contribution < 1.29 is 9.15 Å². The predicted octanol–water partition coefficient (Wildman–Crippen LogP) is 2.59. The van der Waals surface area contributed by atoms with Crippen LogP contribution >= 0.6 is 0 Å². The number of hydrogen-bond acceptors (Lipinski definition) is 5. The van der Waals surface area contributed by atoms with Gasteiger partial charge in [-0.05, 0) is 25.7 Å². The van der Waals surface area contributed by atoms with Crippen LogP contribution in [0.3, 0.4) is 0 Å². The van der Waals surface area contributed by atoms with Crippen molar-refractivity contribution in [3.8, 4) is 0 Å². The van der Waals surface area contributed by atoms with E-state index in [2.05, 4.69) is 22.0 Å². The zero-order chi connectivity index (χ0) is 13.1. The molecule has 1 aromatic heterocycles. The molecular weight excluding hydrogens is 242 g/mol. The van der Waals surface area contributed by atoms with E-state index in [1.807, 2.05) is 0 Å². The fourth-order valence-corrected chi connectivity index (χ4v) is 2.71. The van der Waals surface area contributed by atoms with Crippen molar-refractivity contribution >= 4 is 6.01 Å². The quantitative estimate of drug-likeness (QED) is 0.740. The Hall–Kier alpha value is -1.10. The van der Waals surface area contributed by atoms with Gasteiger partial charge in [-0.15, -0.1) is 5.10 Å². The third-order valence-corrected chi connectivity index (χ3v) is 4.14. The Bertz CT molecular complexity index is 403. The number of hydrogen-bond donors (Lipinski definition) is 0. The highest BCUT2D eigenvalue weighted by atomic mass is 16.5. The molecule has 0 N–H and O–H groups in total. The Balaban J connectivity index is 1.51. The van der Waals surface area contributed by atoms with Gasteiger partial charge in [0.2, 0.25) is 5.89 Å². The molecule has 1 aliphatic carbocycles. The Morgan fingerprint density at radius 3 is 2.95 bits per heavy atom. The molecule has 2 aliphatic rings. The third-order valence-electron chi connectivity index (χ3n) is 4.14. The van der Waals surface area contributed by atoms with E-state index in [4.69, 9.17) is 9.15 Å². The molecule has 1 aromatic rings. The molecule has 1 atom stereocenters. The lowest BCUT2D eigenvalue weighted by molar-refractivity contribution is 0.106. The maximum absolute atomic E-state index is 5.81. The molecule has 1 aliphatic heterocycles. The SMILES string of the molecule is CCCOC[C@@H]1CCN(c2nnc(C3CCC3)o2)C1. The van der Waals surface area contributed by atoms with Gasteiger partial charge < -0.3 is 14.1 Å². The summed E-state index contributed by atoms with van der Waals surface area (Å²) in [7, 11) is 0. The minimum atomic E-state index is 0.521. The van der Waals surface area contributed by atoms with Crippen molar-refractivity contribution in [3.05, 3.63) is 5.89 Å². The standard InChI is InChI=1S/C14H23N3O2/c1-2-8-18-10-11-6-7-17(9-11)14-16-15-13(19-14)12-4-3-5-12/h11-12H,2-10H2,1H3/t11-/m1/s1. The summed E-state index contributed by atoms with van der Waals surface area (Å²) in [5, 5.41) is 8.39. The topological polar surface area (TPSA) is 51.4 Å². The highest BCUT2D eigenvalue weighted by molar-refractivity contribution is 5.26. The van der Waals surface area contributed by atoms with Gasteiger partial charge in [-0.1, -0.05) is 18.4 Å². The van der Waals surface area contributed by atoms with Crippen LogP contribution in [-0.4, -0.2) is 36.5 Å². The van der Waals surface area contributed by atoms with Gasteiger partial charge in [-0.25, -0.2) is 0 Å². The predicted molar refractivity (Wildman–Crippen MR) is 72.3 cm³/mol. The molecule has 1 saturated heterocycles. The molecule has 1 saturated carbocycles. The van der Waals surface area contributed by atoms with E-state index in [-0.39, 0.29) is 0 Å². The highest BCUT2D eigenvalue weighted by Gasteiger charge is 2.29. The molecule has 5 heteroatoms. The summed E-state index contributed by atoms with van der Waals surface area (Å²) in [5.74, 6) is 1.96. The molecule has 19 heavy (non-hydrogen) atoms. The Kier molecular flexibility index (Phi) is 4.01. The average Bonchev–Trinajstić information content (AvgIpc) is 2.96. The van der Waals surface area contributed by atoms with Gasteiger partial charge in [0, 0.05) is 31.5 Å². The minimum Gasteiger partial charge on any atom is -0.408 e. The molecule has 0 spiro atoms. The summed E-state index contributed by atoms with van der Waals surface area (Å²) in [6.45, 7) is 5.85. The van der Waals surface area contributed by atoms with Crippen LogP contribution in [0.5, 0.6) is 0 Å². The van der Waals surface area contributed by atoms with Crippen molar-refractivity contribution in [2.45, 2.75) is 44.9 Å². The van der Waals surface area contributed by atoms with Crippen LogP contribution < -0.4 is 4.90 Å². The first-order valence-corrected chi connectivity index (χ1v) is 7.53. The summed E-state index contributed by atoms with van der Waals surface area (Å²) in [4.78, 5) is 2.20. The van der Waals surface area contributed by atoms with E-state index in [0.29, 0.717) is 17.9 Å². The van der Waals surface area contributed by atoms with Crippen LogP contribution in [0.2, 0.25) is 0 Å². The van der Waals surface area contributed by atoms with Gasteiger partial charge in [0.05, 0.1) is 6.61 Å². The van der Waals surface area contributed by atoms with Crippen LogP contribution in [0.15, 0.2) is 4.42 Å². The van der Waals surface area contributed by atoms with Crippen molar-refractivity contribution in [3.63, 3.8) is 0 Å². The number of ether oxygens (including phenoxy) is 1. The van der Waals surface area contributed by atoms with E-state index < -0.39 is 0 Å². The van der Waals surface area contributed by atoms with Crippen LogP contribution in [0.1, 0.15) is 50.8 Å². The normalized spacial score (nSPS) is 23.8. The van der Waals surface area contributed by atoms with Crippen LogP contribution in [0, 0.1) is 5.92 Å². The highest BCUT2D eigenvalue weighted by Crippen LogP contribution is 2.36. The van der Waals surface area contributed by atoms with E-state index in [9.17, 15) is 0 Å². The Morgan fingerprint density at radius 2 is 2.21 bits per heavy atom. The monoisotopic (exact) mass is 265 g/mol. The van der Waals surface area contributed by atoms with Gasteiger partial charge in [0.1, 0.15) is 0 Å². The van der Waals surface area contributed by atoms with E-state index in [0.717, 1.165) is 45.0 Å². The average molecular weight is 265 g/mol. The lowest BCUT2D eigenvalue weighted by Crippen LogP contribution is -2.21. The second-order valence-electron chi connectivity index (χ2n) is 5.73. The lowest BCUT2D eigenvalue weighted by atomic mass is 9.85. The first kappa shape index (κ1) is 12.9. The second kappa shape index (κ2) is 5.90. The summed E-state index contributed by atoms with van der Waals surface area (Å²) < 4.78 is 11.4. The molecule has 0 radical (unpaired) electrons. The van der Waals surface area contributed by atoms with Gasteiger partial charge in [0.15, 0.2) is 0 Å². The lowest BCUT2D eigenvalue weighted by Gasteiger charge is -2.21. The summed E-state index contributed by atoms with van der Waals surface area (Å²) in [6, 6.07) is 0.708. The van der Waals surface area contributed by atoms with Crippen molar-refractivity contribution in [2.24, 2.45) is 5.92 Å². The first-order valence-electron chi connectivity index (χ1n) is 7.53. The fourth-order valence-electron chi connectivity index (χ4n) is 2.71. The molecule has 0 aromatic carbocycles. The smallest absolute Gasteiger partial charge is 0.318 e. The summed E-state index contributed by atoms with van der Waals surface area (Å²) >= 11 is 0. The molecule has 0 amide bonds. The van der Waals surface area contributed by atoms with Gasteiger partial charge >= 0.3 is 6.01 Å². The van der Waals surface area contributed by atoms with Crippen LogP contribution in [0.25, 0.3) is 0 Å². The minimum absolute atomic E-state index is 0.521. The van der Waals surface area contributed by atoms with Gasteiger partial charge in [-0.2, -0.15) is 0 Å². The Labute approximate surface area is 114 Å². The molecule has 3 rings (SSSR count). The van der Waals surface area contributed by atoms with Crippen molar-refractivity contribution in [1.29, 1.82) is 0 Å². The summed E-state index contributed by atoms with van der Waals surface area (Å²) in [6.07, 6.45) is 5.95. The van der Waals surface area contributed by atoms with Crippen molar-refractivity contribution in [1.82, 2.24) is 10.2 Å². The van der Waals surface area contributed by atoms with Gasteiger partial charge in [0.25, 0.3) is 0 Å². The van der Waals surface area contributed by atoms with Gasteiger partial charge in [-0.3, -0.25) is 0 Å². The van der Waals surface area contributed by atoms with Crippen LogP contribution in [0.4, 0.5) is 6.01 Å². The maximum Gasteiger partial charge on any atom is 0.318 e. The molecular formula is C14H23N3O2. The van der Waals surface area contributed by atoms with E-state index in [1.165, 1.54) is 19.3 Å². The van der Waals surface area contributed by atoms with Crippen LogP contribution in [-0.2, 0) is 4.74 Å². The number of aromatic nitrogens is 2. The van der Waals surface area contributed by atoms with E-state index in [1.54, 1.807) is 0 Å². The fraction of sp³-hybridized carbons (Fsp3) is 0.857. The zero-order valence-electron chi connectivity index (χ0n) is 11.7. The first-order chi connectivity index (χ1) is 9.36. The number of nitrogens with zero attached hydrogens (tertiary/aromatic N) is 3. The second-order valence-corrected chi connectivity index (χ2v) is 5.73. The molecule has 5 nitrogen and oxygen atoms in total. The molecule has 0 unspecified atom stereocenters. The summed E-state index contributed by atoms with van der Waals surface area (Å²) in [5.41, 5.74) is 0. The molecule has 2 heterocycles. The Morgan fingerprint density at radius 1 is 1.32 bits per heavy atom. The van der Waals surface area contributed by atoms with Crippen molar-refractivity contribution in [2.75, 3.05) is 31.2 Å². The molecule has 106 valence electrons. The molecule has 0 bridgehead atoms. The zero-order valence-corrected chi connectivity index (χ0v) is 11.7. The number of rotatable bonds is 6. The van der Waals surface area contributed by atoms with E-state index >= 15 is 0 Å². The third kappa shape index (κ3) is 2.91. The maximum atomic E-state index is 5.81. The largest absolute Gasteiger partial charge is 0.408 e.